The first-order valence-corrected chi connectivity index (χ1v) is 15.0. The molecule has 0 unspecified atom stereocenters. The molecule has 0 aromatic heterocycles. The first-order chi connectivity index (χ1) is 18.7. The lowest BCUT2D eigenvalue weighted by atomic mass is 9.75. The first-order valence-electron chi connectivity index (χ1n) is 15.0. The number of nitrogens with one attached hydrogen (secondary N) is 2. The summed E-state index contributed by atoms with van der Waals surface area (Å²) in [4.78, 5) is 12.1. The second-order valence-corrected chi connectivity index (χ2v) is 11.6. The molecule has 0 heterocycles. The summed E-state index contributed by atoms with van der Waals surface area (Å²) in [5.74, 6) is 0.329. The lowest BCUT2D eigenvalue weighted by Gasteiger charge is -2.40. The van der Waals surface area contributed by atoms with Crippen LogP contribution in [0.3, 0.4) is 0 Å². The number of aliphatic hydroxyl groups excluding tert-OH is 1. The van der Waals surface area contributed by atoms with Crippen LogP contribution in [-0.4, -0.2) is 36.3 Å². The van der Waals surface area contributed by atoms with Gasteiger partial charge < -0.3 is 20.5 Å². The first kappa shape index (κ1) is 34.1. The number of hydrogen-bond donors (Lipinski definition) is 3. The summed E-state index contributed by atoms with van der Waals surface area (Å²) in [6.45, 7) is 8.89. The fourth-order valence-electron chi connectivity index (χ4n) is 5.70. The summed E-state index contributed by atoms with van der Waals surface area (Å²) in [6.07, 6.45) is 9.29. The molecule has 2 aromatic rings. The molecule has 0 spiro atoms. The maximum absolute atomic E-state index is 14.4. The molecular weight excluding hydrogens is 527 g/mol. The number of ether oxygens (including phenoxy) is 1. The second-order valence-electron chi connectivity index (χ2n) is 11.6. The van der Waals surface area contributed by atoms with Crippen molar-refractivity contribution in [3.05, 3.63) is 65.0 Å². The van der Waals surface area contributed by atoms with E-state index in [0.717, 1.165) is 51.4 Å². The molecule has 1 aliphatic rings. The van der Waals surface area contributed by atoms with Gasteiger partial charge >= 0.3 is 0 Å². The van der Waals surface area contributed by atoms with Crippen molar-refractivity contribution in [1.82, 2.24) is 10.6 Å². The molecule has 1 fully saturated rings. The van der Waals surface area contributed by atoms with E-state index in [1.807, 2.05) is 6.07 Å². The molecule has 1 aliphatic carbocycles. The van der Waals surface area contributed by atoms with Gasteiger partial charge in [-0.2, -0.15) is 0 Å². The highest BCUT2D eigenvalue weighted by Gasteiger charge is 2.35. The van der Waals surface area contributed by atoms with Gasteiger partial charge in [0.25, 0.3) is 0 Å². The topological polar surface area (TPSA) is 70.6 Å². The molecule has 1 amide bonds. The van der Waals surface area contributed by atoms with Gasteiger partial charge in [-0.3, -0.25) is 4.79 Å². The Kier molecular flexibility index (Phi) is 14.4. The molecule has 0 aliphatic heterocycles. The van der Waals surface area contributed by atoms with Crippen LogP contribution in [0.15, 0.2) is 42.5 Å². The van der Waals surface area contributed by atoms with Crippen LogP contribution < -0.4 is 15.4 Å². The molecule has 224 valence electrons. The highest BCUT2D eigenvalue weighted by Crippen LogP contribution is 2.38. The molecule has 0 bridgehead atoms. The maximum Gasteiger partial charge on any atom is 0.217 e. The Bertz CT molecular complexity index is 1040. The van der Waals surface area contributed by atoms with Gasteiger partial charge in [-0.15, -0.1) is 12.4 Å². The number of benzene rings is 2. The van der Waals surface area contributed by atoms with Crippen molar-refractivity contribution < 1.29 is 19.0 Å². The molecule has 1 saturated carbocycles. The third-order valence-electron chi connectivity index (χ3n) is 7.97. The largest absolute Gasteiger partial charge is 0.493 e. The van der Waals surface area contributed by atoms with Gasteiger partial charge in [0.1, 0.15) is 11.6 Å². The van der Waals surface area contributed by atoms with Crippen molar-refractivity contribution in [2.24, 2.45) is 0 Å². The lowest BCUT2D eigenvalue weighted by Crippen LogP contribution is -2.53. The highest BCUT2D eigenvalue weighted by molar-refractivity contribution is 5.85. The number of carbonyl (C=O) groups is 1. The van der Waals surface area contributed by atoms with Gasteiger partial charge in [-0.05, 0) is 60.4 Å². The summed E-state index contributed by atoms with van der Waals surface area (Å²) in [5.41, 5.74) is 3.06. The van der Waals surface area contributed by atoms with Crippen LogP contribution in [0.1, 0.15) is 108 Å². The lowest BCUT2D eigenvalue weighted by molar-refractivity contribution is -0.120. The summed E-state index contributed by atoms with van der Waals surface area (Å²) in [6, 6.07) is 12.9. The minimum absolute atomic E-state index is 0. The van der Waals surface area contributed by atoms with E-state index >= 15 is 0 Å². The third kappa shape index (κ3) is 10.4. The number of halogens is 2. The van der Waals surface area contributed by atoms with Gasteiger partial charge in [0.05, 0.1) is 18.8 Å². The Balaban J connectivity index is 0.00000560. The van der Waals surface area contributed by atoms with E-state index in [1.165, 1.54) is 36.6 Å². The maximum atomic E-state index is 14.4. The van der Waals surface area contributed by atoms with E-state index in [-0.39, 0.29) is 29.7 Å². The van der Waals surface area contributed by atoms with Gasteiger partial charge in [0.2, 0.25) is 5.91 Å². The minimum Gasteiger partial charge on any atom is -0.493 e. The Labute approximate surface area is 247 Å². The SMILES string of the molecule is CCCCCCOc1cc(F)cc(C[C@H](NC(C)=O)[C@H](O)CNC2(c3cccc(C(C)C)c3)CCCCC2)c1.Cl. The van der Waals surface area contributed by atoms with Crippen LogP contribution in [0, 0.1) is 5.82 Å². The van der Waals surface area contributed by atoms with Crippen LogP contribution in [0.5, 0.6) is 5.75 Å². The van der Waals surface area contributed by atoms with Crippen molar-refractivity contribution in [3.63, 3.8) is 0 Å². The minimum atomic E-state index is -0.845. The van der Waals surface area contributed by atoms with Gasteiger partial charge in [0.15, 0.2) is 0 Å². The van der Waals surface area contributed by atoms with Crippen LogP contribution in [0.25, 0.3) is 0 Å². The highest BCUT2D eigenvalue weighted by atomic mass is 35.5. The quantitative estimate of drug-likeness (QED) is 0.196. The zero-order valence-corrected chi connectivity index (χ0v) is 25.6. The van der Waals surface area contributed by atoms with E-state index in [2.05, 4.69) is 55.7 Å². The van der Waals surface area contributed by atoms with Crippen molar-refractivity contribution in [2.75, 3.05) is 13.2 Å². The fourth-order valence-corrected chi connectivity index (χ4v) is 5.70. The van der Waals surface area contributed by atoms with E-state index in [1.54, 1.807) is 0 Å². The van der Waals surface area contributed by atoms with Crippen LogP contribution in [0.4, 0.5) is 4.39 Å². The third-order valence-corrected chi connectivity index (χ3v) is 7.97. The second kappa shape index (κ2) is 17.0. The van der Waals surface area contributed by atoms with Crippen molar-refractivity contribution in [3.8, 4) is 5.75 Å². The van der Waals surface area contributed by atoms with Gasteiger partial charge in [-0.25, -0.2) is 4.39 Å². The Morgan fingerprint density at radius 2 is 1.82 bits per heavy atom. The van der Waals surface area contributed by atoms with E-state index in [9.17, 15) is 14.3 Å². The fraction of sp³-hybridized carbons (Fsp3) is 0.606. The molecule has 3 rings (SSSR count). The molecule has 2 aromatic carbocycles. The molecule has 40 heavy (non-hydrogen) atoms. The van der Waals surface area contributed by atoms with E-state index < -0.39 is 12.1 Å². The Morgan fingerprint density at radius 1 is 1.07 bits per heavy atom. The Morgan fingerprint density at radius 3 is 2.50 bits per heavy atom. The van der Waals surface area contributed by atoms with E-state index in [4.69, 9.17) is 4.74 Å². The number of carbonyl (C=O) groups excluding carboxylic acids is 1. The number of amides is 1. The van der Waals surface area contributed by atoms with Gasteiger partial charge in [-0.1, -0.05) is 83.6 Å². The monoisotopic (exact) mass is 576 g/mol. The predicted octanol–water partition coefficient (Wildman–Crippen LogP) is 7.19. The van der Waals surface area contributed by atoms with Crippen molar-refractivity contribution >= 4 is 18.3 Å². The summed E-state index contributed by atoms with van der Waals surface area (Å²) < 4.78 is 20.3. The Hall–Kier alpha value is -2.15. The smallest absolute Gasteiger partial charge is 0.217 e. The molecule has 0 saturated heterocycles. The van der Waals surface area contributed by atoms with Crippen LogP contribution in [0.2, 0.25) is 0 Å². The summed E-state index contributed by atoms with van der Waals surface area (Å²) in [5, 5.41) is 17.9. The van der Waals surface area contributed by atoms with Crippen molar-refractivity contribution in [2.45, 2.75) is 116 Å². The molecule has 5 nitrogen and oxygen atoms in total. The number of rotatable bonds is 15. The average Bonchev–Trinajstić information content (AvgIpc) is 2.91. The van der Waals surface area contributed by atoms with Crippen molar-refractivity contribution in [1.29, 1.82) is 0 Å². The van der Waals surface area contributed by atoms with Crippen LogP contribution >= 0.6 is 12.4 Å². The standard InChI is InChI=1S/C33H49FN2O3.ClH/c1-5-6-7-11-17-39-30-19-26(18-29(34)22-30)20-31(36-25(4)37)32(38)23-35-33(15-9-8-10-16-33)28-14-12-13-27(21-28)24(2)3;/h12-14,18-19,21-22,24,31-32,35,38H,5-11,15-17,20,23H2,1-4H3,(H,36,37);1H/t31-,32+;/m0./s1. The predicted molar refractivity (Wildman–Crippen MR) is 164 cm³/mol. The van der Waals surface area contributed by atoms with E-state index in [0.29, 0.717) is 36.8 Å². The normalized spacial score (nSPS) is 16.2. The molecule has 3 N–H and O–H groups in total. The summed E-state index contributed by atoms with van der Waals surface area (Å²) in [7, 11) is 0. The van der Waals surface area contributed by atoms with Gasteiger partial charge in [0, 0.05) is 25.1 Å². The summed E-state index contributed by atoms with van der Waals surface area (Å²) >= 11 is 0. The average molecular weight is 577 g/mol. The number of aliphatic hydroxyl groups is 1. The number of hydrogen-bond acceptors (Lipinski definition) is 4. The number of unbranched alkanes of at least 4 members (excludes halogenated alkanes) is 3. The van der Waals surface area contributed by atoms with Crippen LogP contribution in [-0.2, 0) is 16.8 Å². The molecular formula is C33H50ClFN2O3. The molecule has 0 radical (unpaired) electrons. The molecule has 7 heteroatoms. The zero-order chi connectivity index (χ0) is 28.3. The zero-order valence-electron chi connectivity index (χ0n) is 24.8. The molecule has 2 atom stereocenters.